The number of piperazine rings is 1. The number of aliphatic imine (C=N–C) groups is 1. The third-order valence-corrected chi connectivity index (χ3v) is 6.52. The minimum Gasteiger partial charge on any atom is -0.357 e. The van der Waals surface area contributed by atoms with Gasteiger partial charge in [0.25, 0.3) is 0 Å². The molecule has 1 saturated heterocycles. The first-order chi connectivity index (χ1) is 13.7. The predicted molar refractivity (Wildman–Crippen MR) is 122 cm³/mol. The van der Waals surface area contributed by atoms with Crippen molar-refractivity contribution in [2.75, 3.05) is 52.4 Å². The van der Waals surface area contributed by atoms with E-state index in [1.165, 1.54) is 97.1 Å². The van der Waals surface area contributed by atoms with Crippen LogP contribution in [0.15, 0.2) is 4.99 Å². The smallest absolute Gasteiger partial charge is 0.191 e. The molecule has 1 heterocycles. The van der Waals surface area contributed by atoms with Crippen LogP contribution in [0.25, 0.3) is 0 Å². The first kappa shape index (κ1) is 23.5. The summed E-state index contributed by atoms with van der Waals surface area (Å²) in [6, 6.07) is 0.509. The second kappa shape index (κ2) is 14.2. The molecule has 0 aromatic carbocycles. The number of rotatable bonds is 11. The SMILES string of the molecule is CCNC(=NCCCCN1CCN(CC)CC1)NC(C)CCC1CCCCC1. The van der Waals surface area contributed by atoms with Gasteiger partial charge in [-0.15, -0.1) is 0 Å². The summed E-state index contributed by atoms with van der Waals surface area (Å²) in [4.78, 5) is 9.99. The Bertz CT molecular complexity index is 411. The maximum Gasteiger partial charge on any atom is 0.191 e. The van der Waals surface area contributed by atoms with E-state index in [-0.39, 0.29) is 0 Å². The average molecular weight is 394 g/mol. The maximum atomic E-state index is 4.82. The van der Waals surface area contributed by atoms with E-state index in [9.17, 15) is 0 Å². The lowest BCUT2D eigenvalue weighted by Gasteiger charge is -2.33. The molecule has 0 spiro atoms. The van der Waals surface area contributed by atoms with Gasteiger partial charge in [-0.25, -0.2) is 0 Å². The highest BCUT2D eigenvalue weighted by molar-refractivity contribution is 5.80. The molecule has 1 unspecified atom stereocenters. The molecule has 2 aliphatic rings. The Morgan fingerprint density at radius 3 is 2.39 bits per heavy atom. The monoisotopic (exact) mass is 393 g/mol. The molecule has 5 heteroatoms. The number of nitrogens with one attached hydrogen (secondary N) is 2. The molecule has 1 aliphatic heterocycles. The molecule has 28 heavy (non-hydrogen) atoms. The Hall–Kier alpha value is -0.810. The lowest BCUT2D eigenvalue weighted by molar-refractivity contribution is 0.136. The van der Waals surface area contributed by atoms with Crippen molar-refractivity contribution < 1.29 is 0 Å². The summed E-state index contributed by atoms with van der Waals surface area (Å²) in [7, 11) is 0. The summed E-state index contributed by atoms with van der Waals surface area (Å²) in [6.45, 7) is 16.0. The first-order valence-corrected chi connectivity index (χ1v) is 12.2. The summed E-state index contributed by atoms with van der Waals surface area (Å²) in [5.41, 5.74) is 0. The van der Waals surface area contributed by atoms with Crippen molar-refractivity contribution in [3.63, 3.8) is 0 Å². The molecule has 1 aliphatic carbocycles. The zero-order chi connectivity index (χ0) is 20.0. The normalized spacial score (nSPS) is 21.6. The number of likely N-dealkylation sites (N-methyl/N-ethyl adjacent to an activating group) is 1. The molecule has 164 valence electrons. The van der Waals surface area contributed by atoms with E-state index < -0.39 is 0 Å². The molecule has 0 bridgehead atoms. The van der Waals surface area contributed by atoms with Crippen molar-refractivity contribution in [3.05, 3.63) is 0 Å². The Kier molecular flexibility index (Phi) is 11.9. The summed E-state index contributed by atoms with van der Waals surface area (Å²) < 4.78 is 0. The second-order valence-electron chi connectivity index (χ2n) is 8.87. The highest BCUT2D eigenvalue weighted by Gasteiger charge is 2.16. The van der Waals surface area contributed by atoms with Gasteiger partial charge in [0.2, 0.25) is 0 Å². The lowest BCUT2D eigenvalue weighted by Crippen LogP contribution is -2.46. The number of nitrogens with zero attached hydrogens (tertiary/aromatic N) is 3. The molecule has 5 nitrogen and oxygen atoms in total. The van der Waals surface area contributed by atoms with Crippen molar-refractivity contribution in [2.24, 2.45) is 10.9 Å². The molecule has 0 amide bonds. The van der Waals surface area contributed by atoms with Crippen LogP contribution in [0.2, 0.25) is 0 Å². The van der Waals surface area contributed by atoms with E-state index in [0.717, 1.165) is 25.0 Å². The fourth-order valence-electron chi connectivity index (χ4n) is 4.55. The Morgan fingerprint density at radius 2 is 1.71 bits per heavy atom. The third-order valence-electron chi connectivity index (χ3n) is 6.52. The highest BCUT2D eigenvalue weighted by Crippen LogP contribution is 2.27. The van der Waals surface area contributed by atoms with Crippen LogP contribution in [0, 0.1) is 5.92 Å². The quantitative estimate of drug-likeness (QED) is 0.319. The summed E-state index contributed by atoms with van der Waals surface area (Å²) in [5, 5.41) is 7.06. The molecule has 0 aromatic rings. The minimum atomic E-state index is 0.509. The van der Waals surface area contributed by atoms with Gasteiger partial charge in [0.1, 0.15) is 0 Å². The average Bonchev–Trinajstić information content (AvgIpc) is 2.73. The number of hydrogen-bond acceptors (Lipinski definition) is 3. The highest BCUT2D eigenvalue weighted by atomic mass is 15.3. The van der Waals surface area contributed by atoms with Crippen LogP contribution in [-0.2, 0) is 0 Å². The molecular weight excluding hydrogens is 346 g/mol. The van der Waals surface area contributed by atoms with Crippen LogP contribution < -0.4 is 10.6 Å². The largest absolute Gasteiger partial charge is 0.357 e. The van der Waals surface area contributed by atoms with Gasteiger partial charge < -0.3 is 20.4 Å². The fourth-order valence-corrected chi connectivity index (χ4v) is 4.55. The molecule has 1 atom stereocenters. The van der Waals surface area contributed by atoms with Crippen LogP contribution in [0.1, 0.15) is 78.6 Å². The topological polar surface area (TPSA) is 42.9 Å². The zero-order valence-corrected chi connectivity index (χ0v) is 19.0. The van der Waals surface area contributed by atoms with Crippen LogP contribution in [0.3, 0.4) is 0 Å². The van der Waals surface area contributed by atoms with E-state index in [4.69, 9.17) is 4.99 Å². The molecule has 2 rings (SSSR count). The van der Waals surface area contributed by atoms with Crippen molar-refractivity contribution in [1.82, 2.24) is 20.4 Å². The van der Waals surface area contributed by atoms with Crippen LogP contribution >= 0.6 is 0 Å². The second-order valence-corrected chi connectivity index (χ2v) is 8.87. The van der Waals surface area contributed by atoms with E-state index in [2.05, 4.69) is 41.2 Å². The number of guanidine groups is 1. The Morgan fingerprint density at radius 1 is 1.00 bits per heavy atom. The minimum absolute atomic E-state index is 0.509. The van der Waals surface area contributed by atoms with Crippen LogP contribution in [0.5, 0.6) is 0 Å². The lowest BCUT2D eigenvalue weighted by atomic mass is 9.85. The van der Waals surface area contributed by atoms with Crippen molar-refractivity contribution in [2.45, 2.75) is 84.6 Å². The van der Waals surface area contributed by atoms with Gasteiger partial charge in [0.05, 0.1) is 0 Å². The van der Waals surface area contributed by atoms with Crippen molar-refractivity contribution >= 4 is 5.96 Å². The van der Waals surface area contributed by atoms with Gasteiger partial charge >= 0.3 is 0 Å². The molecule has 2 N–H and O–H groups in total. The maximum absolute atomic E-state index is 4.82. The molecule has 1 saturated carbocycles. The van der Waals surface area contributed by atoms with Crippen LogP contribution in [-0.4, -0.2) is 74.2 Å². The van der Waals surface area contributed by atoms with Gasteiger partial charge in [0.15, 0.2) is 5.96 Å². The zero-order valence-electron chi connectivity index (χ0n) is 19.0. The van der Waals surface area contributed by atoms with Gasteiger partial charge in [-0.1, -0.05) is 39.0 Å². The van der Waals surface area contributed by atoms with Crippen LogP contribution in [0.4, 0.5) is 0 Å². The number of unbranched alkanes of at least 4 members (excludes halogenated alkanes) is 1. The number of hydrogen-bond donors (Lipinski definition) is 2. The summed E-state index contributed by atoms with van der Waals surface area (Å²) in [6.07, 6.45) is 12.3. The molecule has 0 aromatic heterocycles. The van der Waals surface area contributed by atoms with E-state index in [0.29, 0.717) is 6.04 Å². The van der Waals surface area contributed by atoms with Gasteiger partial charge in [-0.3, -0.25) is 4.99 Å². The molecular formula is C23H47N5. The van der Waals surface area contributed by atoms with E-state index in [1.54, 1.807) is 0 Å². The predicted octanol–water partition coefficient (Wildman–Crippen LogP) is 3.71. The Balaban J connectivity index is 1.58. The van der Waals surface area contributed by atoms with E-state index >= 15 is 0 Å². The van der Waals surface area contributed by atoms with Gasteiger partial charge in [-0.2, -0.15) is 0 Å². The molecule has 2 fully saturated rings. The van der Waals surface area contributed by atoms with Crippen molar-refractivity contribution in [1.29, 1.82) is 0 Å². The van der Waals surface area contributed by atoms with Gasteiger partial charge in [0, 0.05) is 45.3 Å². The summed E-state index contributed by atoms with van der Waals surface area (Å²) in [5.74, 6) is 1.98. The van der Waals surface area contributed by atoms with Crippen molar-refractivity contribution in [3.8, 4) is 0 Å². The third kappa shape index (κ3) is 9.60. The first-order valence-electron chi connectivity index (χ1n) is 12.2. The van der Waals surface area contributed by atoms with E-state index in [1.807, 2.05) is 0 Å². The van der Waals surface area contributed by atoms with Gasteiger partial charge in [-0.05, 0) is 58.5 Å². The molecule has 0 radical (unpaired) electrons. The standard InChI is InChI=1S/C23H47N5/c1-4-24-23(26-21(3)13-14-22-11-7-6-8-12-22)25-15-9-10-16-28-19-17-27(5-2)18-20-28/h21-22H,4-20H2,1-3H3,(H2,24,25,26). The summed E-state index contributed by atoms with van der Waals surface area (Å²) >= 11 is 0. The fraction of sp³-hybridized carbons (Fsp3) is 0.957. The Labute approximate surface area is 174 Å².